The van der Waals surface area contributed by atoms with Crippen LogP contribution in [0.1, 0.15) is 5.56 Å². The predicted octanol–water partition coefficient (Wildman–Crippen LogP) is 3.34. The number of hydrogen-bond acceptors (Lipinski definition) is 7. The molecule has 0 saturated carbocycles. The third kappa shape index (κ3) is 4.20. The van der Waals surface area contributed by atoms with E-state index in [1.54, 1.807) is 24.3 Å². The van der Waals surface area contributed by atoms with E-state index in [2.05, 4.69) is 9.97 Å². The molecular formula is C17H14N4O4. The van der Waals surface area contributed by atoms with Gasteiger partial charge in [-0.2, -0.15) is 9.97 Å². The van der Waals surface area contributed by atoms with E-state index >= 15 is 0 Å². The number of nitrogens with zero attached hydrogens (tertiary/aromatic N) is 3. The number of nitrogens with two attached hydrogens (primary N) is 1. The molecule has 0 aliphatic heterocycles. The summed E-state index contributed by atoms with van der Waals surface area (Å²) in [6, 6.07) is 16.6. The largest absolute Gasteiger partial charge is 0.489 e. The van der Waals surface area contributed by atoms with Gasteiger partial charge in [0.15, 0.2) is 0 Å². The van der Waals surface area contributed by atoms with Crippen molar-refractivity contribution < 1.29 is 14.4 Å². The molecule has 0 amide bonds. The van der Waals surface area contributed by atoms with E-state index < -0.39 is 4.92 Å². The first kappa shape index (κ1) is 16.2. The number of benzene rings is 2. The summed E-state index contributed by atoms with van der Waals surface area (Å²) in [6.07, 6.45) is 1.01. The van der Waals surface area contributed by atoms with Crippen LogP contribution in [0, 0.1) is 10.1 Å². The third-order valence-corrected chi connectivity index (χ3v) is 3.25. The Balaban J connectivity index is 1.62. The second-order valence-corrected chi connectivity index (χ2v) is 5.03. The van der Waals surface area contributed by atoms with Crippen molar-refractivity contribution in [1.29, 1.82) is 0 Å². The van der Waals surface area contributed by atoms with E-state index in [0.717, 1.165) is 11.8 Å². The first-order chi connectivity index (χ1) is 12.1. The summed E-state index contributed by atoms with van der Waals surface area (Å²) in [5.74, 6) is 0.887. The lowest BCUT2D eigenvalue weighted by Crippen LogP contribution is -2.01. The molecule has 2 N–H and O–H groups in total. The molecule has 8 heteroatoms. The van der Waals surface area contributed by atoms with Gasteiger partial charge in [-0.25, -0.2) is 0 Å². The molecule has 25 heavy (non-hydrogen) atoms. The lowest BCUT2D eigenvalue weighted by atomic mass is 10.2. The zero-order valence-corrected chi connectivity index (χ0v) is 13.0. The van der Waals surface area contributed by atoms with E-state index in [1.807, 2.05) is 30.3 Å². The number of hydrogen-bond donors (Lipinski definition) is 1. The maximum Gasteiger partial charge on any atom is 0.329 e. The monoisotopic (exact) mass is 338 g/mol. The first-order valence-electron chi connectivity index (χ1n) is 7.33. The summed E-state index contributed by atoms with van der Waals surface area (Å²) in [7, 11) is 0. The zero-order chi connectivity index (χ0) is 17.6. The van der Waals surface area contributed by atoms with Crippen molar-refractivity contribution in [1.82, 2.24) is 9.97 Å². The van der Waals surface area contributed by atoms with Crippen molar-refractivity contribution in [2.45, 2.75) is 6.61 Å². The highest BCUT2D eigenvalue weighted by molar-refractivity contribution is 5.50. The van der Waals surface area contributed by atoms with Crippen LogP contribution in [0.5, 0.6) is 17.5 Å². The Morgan fingerprint density at radius 2 is 1.72 bits per heavy atom. The molecule has 3 rings (SSSR count). The van der Waals surface area contributed by atoms with Gasteiger partial charge in [0.2, 0.25) is 5.82 Å². The predicted molar refractivity (Wildman–Crippen MR) is 90.4 cm³/mol. The van der Waals surface area contributed by atoms with Crippen LogP contribution >= 0.6 is 0 Å². The van der Waals surface area contributed by atoms with E-state index in [-0.39, 0.29) is 17.5 Å². The highest BCUT2D eigenvalue weighted by Gasteiger charge is 2.15. The van der Waals surface area contributed by atoms with Gasteiger partial charge in [0.05, 0.1) is 4.92 Å². The van der Waals surface area contributed by atoms with Gasteiger partial charge in [-0.15, -0.1) is 0 Å². The molecule has 0 aliphatic rings. The maximum atomic E-state index is 10.7. The number of anilines is 1. The van der Waals surface area contributed by atoms with E-state index in [9.17, 15) is 10.1 Å². The molecule has 1 aromatic heterocycles. The van der Waals surface area contributed by atoms with Crippen LogP contribution in [0.2, 0.25) is 0 Å². The molecule has 2 aromatic carbocycles. The van der Waals surface area contributed by atoms with Crippen LogP contribution in [-0.4, -0.2) is 14.9 Å². The fraction of sp³-hybridized carbons (Fsp3) is 0.0588. The van der Waals surface area contributed by atoms with Crippen molar-refractivity contribution in [3.05, 3.63) is 76.5 Å². The standard InChI is InChI=1S/C17H14N4O4/c18-16-15(21(22)23)10-19-17(20-16)25-14-8-6-13(7-9-14)24-11-12-4-2-1-3-5-12/h1-10H,11H2,(H2,18,19,20). The lowest BCUT2D eigenvalue weighted by Gasteiger charge is -2.08. The molecule has 8 nitrogen and oxygen atoms in total. The summed E-state index contributed by atoms with van der Waals surface area (Å²) < 4.78 is 11.1. The SMILES string of the molecule is Nc1nc(Oc2ccc(OCc3ccccc3)cc2)ncc1[N+](=O)[O-]. The van der Waals surface area contributed by atoms with Gasteiger partial charge < -0.3 is 15.2 Å². The highest BCUT2D eigenvalue weighted by atomic mass is 16.6. The van der Waals surface area contributed by atoms with Gasteiger partial charge >= 0.3 is 11.7 Å². The fourth-order valence-electron chi connectivity index (χ4n) is 2.01. The topological polar surface area (TPSA) is 113 Å². The molecule has 3 aromatic rings. The van der Waals surface area contributed by atoms with Gasteiger partial charge in [-0.1, -0.05) is 30.3 Å². The van der Waals surface area contributed by atoms with Crippen LogP contribution in [-0.2, 0) is 6.61 Å². The average molecular weight is 338 g/mol. The van der Waals surface area contributed by atoms with Crippen LogP contribution in [0.15, 0.2) is 60.8 Å². The molecule has 0 unspecified atom stereocenters. The Morgan fingerprint density at radius 3 is 2.36 bits per heavy atom. The Hall–Kier alpha value is -3.68. The number of rotatable bonds is 6. The number of aromatic nitrogens is 2. The maximum absolute atomic E-state index is 10.7. The van der Waals surface area contributed by atoms with Gasteiger partial charge in [-0.3, -0.25) is 10.1 Å². The number of ether oxygens (including phenoxy) is 2. The van der Waals surface area contributed by atoms with Gasteiger partial charge in [0, 0.05) is 0 Å². The van der Waals surface area contributed by atoms with Crippen molar-refractivity contribution in [3.8, 4) is 17.5 Å². The molecular weight excluding hydrogens is 324 g/mol. The van der Waals surface area contributed by atoms with Crippen molar-refractivity contribution in [2.24, 2.45) is 0 Å². The minimum absolute atomic E-state index is 0.0685. The van der Waals surface area contributed by atoms with Crippen LogP contribution in [0.3, 0.4) is 0 Å². The smallest absolute Gasteiger partial charge is 0.329 e. The van der Waals surface area contributed by atoms with Gasteiger partial charge in [-0.05, 0) is 29.8 Å². The Morgan fingerprint density at radius 1 is 1.04 bits per heavy atom. The first-order valence-corrected chi connectivity index (χ1v) is 7.33. The molecule has 0 atom stereocenters. The fourth-order valence-corrected chi connectivity index (χ4v) is 2.01. The number of nitro groups is 1. The molecule has 0 radical (unpaired) electrons. The molecule has 0 fully saturated rings. The van der Waals surface area contributed by atoms with Crippen molar-refractivity contribution in [2.75, 3.05) is 5.73 Å². The van der Waals surface area contributed by atoms with Crippen LogP contribution in [0.25, 0.3) is 0 Å². The van der Waals surface area contributed by atoms with Crippen LogP contribution < -0.4 is 15.2 Å². The number of nitrogen functional groups attached to an aromatic ring is 1. The Labute approximate surface area is 143 Å². The second-order valence-electron chi connectivity index (χ2n) is 5.03. The van der Waals surface area contributed by atoms with Crippen LogP contribution in [0.4, 0.5) is 11.5 Å². The summed E-state index contributed by atoms with van der Waals surface area (Å²) in [5.41, 5.74) is 6.21. The van der Waals surface area contributed by atoms with E-state index in [0.29, 0.717) is 18.1 Å². The molecule has 0 saturated heterocycles. The summed E-state index contributed by atoms with van der Waals surface area (Å²) >= 11 is 0. The van der Waals surface area contributed by atoms with Gasteiger partial charge in [0.1, 0.15) is 24.3 Å². The normalized spacial score (nSPS) is 10.2. The summed E-state index contributed by atoms with van der Waals surface area (Å²) in [5, 5.41) is 10.7. The van der Waals surface area contributed by atoms with E-state index in [1.165, 1.54) is 0 Å². The van der Waals surface area contributed by atoms with Crippen molar-refractivity contribution in [3.63, 3.8) is 0 Å². The minimum atomic E-state index is -0.655. The average Bonchev–Trinajstić information content (AvgIpc) is 2.62. The molecule has 126 valence electrons. The van der Waals surface area contributed by atoms with E-state index in [4.69, 9.17) is 15.2 Å². The molecule has 0 aliphatic carbocycles. The van der Waals surface area contributed by atoms with Gasteiger partial charge in [0.25, 0.3) is 0 Å². The summed E-state index contributed by atoms with van der Waals surface area (Å²) in [4.78, 5) is 17.6. The summed E-state index contributed by atoms with van der Waals surface area (Å²) in [6.45, 7) is 0.461. The molecule has 0 bridgehead atoms. The Kier molecular flexibility index (Phi) is 4.70. The third-order valence-electron chi connectivity index (χ3n) is 3.25. The lowest BCUT2D eigenvalue weighted by molar-refractivity contribution is -0.384. The van der Waals surface area contributed by atoms with Crippen molar-refractivity contribution >= 4 is 11.5 Å². The zero-order valence-electron chi connectivity index (χ0n) is 13.0. The molecule has 1 heterocycles. The quantitative estimate of drug-likeness (QED) is 0.541. The minimum Gasteiger partial charge on any atom is -0.489 e. The highest BCUT2D eigenvalue weighted by Crippen LogP contribution is 2.25. The second kappa shape index (κ2) is 7.26. The Bertz CT molecular complexity index is 870. The molecule has 0 spiro atoms.